The molecule has 0 spiro atoms. The van der Waals surface area contributed by atoms with Gasteiger partial charge < -0.3 is 8.94 Å². The van der Waals surface area contributed by atoms with Gasteiger partial charge in [0.05, 0.1) is 5.75 Å². The van der Waals surface area contributed by atoms with Gasteiger partial charge in [-0.1, -0.05) is 38.9 Å². The molecule has 2 aromatic heterocycles. The van der Waals surface area contributed by atoms with Crippen LogP contribution in [0.4, 0.5) is 0 Å². The third kappa shape index (κ3) is 3.07. The Bertz CT molecular complexity index is 800. The lowest BCUT2D eigenvalue weighted by Crippen LogP contribution is -1.85. The van der Waals surface area contributed by atoms with Crippen LogP contribution in [0.15, 0.2) is 42.9 Å². The first kappa shape index (κ1) is 14.0. The quantitative estimate of drug-likeness (QED) is 0.619. The molecule has 8 heteroatoms. The van der Waals surface area contributed by atoms with Gasteiger partial charge >= 0.3 is 0 Å². The van der Waals surface area contributed by atoms with Crippen molar-refractivity contribution in [2.24, 2.45) is 0 Å². The molecule has 2 heterocycles. The molecule has 6 nitrogen and oxygen atoms in total. The molecule has 3 aromatic rings. The lowest BCUT2D eigenvalue weighted by atomic mass is 10.2. The number of rotatable bonds is 5. The molecule has 4 rings (SSSR count). The summed E-state index contributed by atoms with van der Waals surface area (Å²) in [7, 11) is 0. The van der Waals surface area contributed by atoms with Crippen molar-refractivity contribution in [3.63, 3.8) is 0 Å². The smallest absolute Gasteiger partial charge is 0.277 e. The summed E-state index contributed by atoms with van der Waals surface area (Å²) in [6.45, 7) is 0. The summed E-state index contributed by atoms with van der Waals surface area (Å²) in [5.41, 5.74) is 0.879. The Labute approximate surface area is 138 Å². The molecule has 1 aliphatic carbocycles. The van der Waals surface area contributed by atoms with Crippen molar-refractivity contribution >= 4 is 27.7 Å². The van der Waals surface area contributed by atoms with E-state index in [1.165, 1.54) is 11.8 Å². The second-order valence-corrected chi connectivity index (χ2v) is 6.84. The van der Waals surface area contributed by atoms with E-state index in [4.69, 9.17) is 8.94 Å². The summed E-state index contributed by atoms with van der Waals surface area (Å²) in [4.78, 5) is 4.37. The molecule has 0 aliphatic heterocycles. The Kier molecular flexibility index (Phi) is 3.71. The van der Waals surface area contributed by atoms with E-state index < -0.39 is 0 Å². The topological polar surface area (TPSA) is 77.8 Å². The number of thioether (sulfide) groups is 1. The average Bonchev–Trinajstić information content (AvgIpc) is 3.09. The standard InChI is InChI=1S/C14H11BrN4O2S/c15-10-3-1-2-9(6-10)13-17-18-14(20-13)22-7-11-16-12(21-19-11)8-4-5-8/h1-3,6,8H,4-5,7H2. The van der Waals surface area contributed by atoms with Crippen molar-refractivity contribution in [3.05, 3.63) is 40.5 Å². The number of nitrogens with zero attached hydrogens (tertiary/aromatic N) is 4. The number of hydrogen-bond donors (Lipinski definition) is 0. The summed E-state index contributed by atoms with van der Waals surface area (Å²) in [5, 5.41) is 12.6. The minimum absolute atomic E-state index is 0.470. The van der Waals surface area contributed by atoms with Crippen LogP contribution in [-0.4, -0.2) is 20.3 Å². The molecular formula is C14H11BrN4O2S. The van der Waals surface area contributed by atoms with Gasteiger partial charge in [-0.05, 0) is 31.0 Å². The van der Waals surface area contributed by atoms with Gasteiger partial charge in [0, 0.05) is 16.0 Å². The monoisotopic (exact) mass is 378 g/mol. The summed E-state index contributed by atoms with van der Waals surface area (Å²) >= 11 is 4.83. The van der Waals surface area contributed by atoms with Crippen molar-refractivity contribution in [1.29, 1.82) is 0 Å². The van der Waals surface area contributed by atoms with Crippen LogP contribution in [0.5, 0.6) is 0 Å². The van der Waals surface area contributed by atoms with Gasteiger partial charge in [-0.15, -0.1) is 10.2 Å². The lowest BCUT2D eigenvalue weighted by molar-refractivity contribution is 0.375. The molecule has 0 N–H and O–H groups in total. The zero-order valence-corrected chi connectivity index (χ0v) is 13.8. The highest BCUT2D eigenvalue weighted by Gasteiger charge is 2.29. The third-order valence-corrected chi connectivity index (χ3v) is 4.52. The molecule has 1 aliphatic rings. The Morgan fingerprint density at radius 1 is 1.27 bits per heavy atom. The SMILES string of the molecule is Brc1cccc(-c2nnc(SCc3noc(C4CC4)n3)o2)c1. The van der Waals surface area contributed by atoms with Crippen molar-refractivity contribution in [2.75, 3.05) is 0 Å². The van der Waals surface area contributed by atoms with Gasteiger partial charge in [-0.3, -0.25) is 0 Å². The first-order chi connectivity index (χ1) is 10.8. The Hall–Kier alpha value is -1.67. The van der Waals surface area contributed by atoms with Gasteiger partial charge in [0.25, 0.3) is 5.22 Å². The maximum atomic E-state index is 5.65. The molecule has 0 radical (unpaired) electrons. The van der Waals surface area contributed by atoms with Gasteiger partial charge in [0.2, 0.25) is 11.8 Å². The van der Waals surface area contributed by atoms with E-state index in [1.54, 1.807) is 0 Å². The highest BCUT2D eigenvalue weighted by atomic mass is 79.9. The van der Waals surface area contributed by atoms with Crippen molar-refractivity contribution < 1.29 is 8.94 Å². The van der Waals surface area contributed by atoms with E-state index in [9.17, 15) is 0 Å². The molecular weight excluding hydrogens is 368 g/mol. The molecule has 0 unspecified atom stereocenters. The first-order valence-electron chi connectivity index (χ1n) is 6.82. The molecule has 0 saturated heterocycles. The van der Waals surface area contributed by atoms with Gasteiger partial charge in [0.15, 0.2) is 5.82 Å². The predicted molar refractivity (Wildman–Crippen MR) is 83.3 cm³/mol. The molecule has 1 saturated carbocycles. The van der Waals surface area contributed by atoms with E-state index in [-0.39, 0.29) is 0 Å². The van der Waals surface area contributed by atoms with Crippen LogP contribution < -0.4 is 0 Å². The predicted octanol–water partition coefficient (Wildman–Crippen LogP) is 4.05. The van der Waals surface area contributed by atoms with E-state index >= 15 is 0 Å². The Balaban J connectivity index is 1.42. The third-order valence-electron chi connectivity index (χ3n) is 3.21. The van der Waals surface area contributed by atoms with Gasteiger partial charge in [-0.25, -0.2) is 0 Å². The van der Waals surface area contributed by atoms with Crippen LogP contribution in [0, 0.1) is 0 Å². The summed E-state index contributed by atoms with van der Waals surface area (Å²) in [6, 6.07) is 7.73. The molecule has 0 atom stereocenters. The molecule has 1 fully saturated rings. The number of aromatic nitrogens is 4. The molecule has 1 aromatic carbocycles. The fourth-order valence-electron chi connectivity index (χ4n) is 1.95. The average molecular weight is 379 g/mol. The van der Waals surface area contributed by atoms with Crippen LogP contribution in [-0.2, 0) is 5.75 Å². The fourth-order valence-corrected chi connectivity index (χ4v) is 2.96. The number of hydrogen-bond acceptors (Lipinski definition) is 7. The second kappa shape index (κ2) is 5.85. The van der Waals surface area contributed by atoms with Crippen molar-refractivity contribution in [2.45, 2.75) is 29.7 Å². The maximum Gasteiger partial charge on any atom is 0.277 e. The minimum Gasteiger partial charge on any atom is -0.411 e. The summed E-state index contributed by atoms with van der Waals surface area (Å²) in [6.07, 6.45) is 2.29. The highest BCUT2D eigenvalue weighted by Crippen LogP contribution is 2.39. The summed E-state index contributed by atoms with van der Waals surface area (Å²) < 4.78 is 11.8. The largest absolute Gasteiger partial charge is 0.411 e. The van der Waals surface area contributed by atoms with Gasteiger partial charge in [-0.2, -0.15) is 4.98 Å². The number of benzene rings is 1. The lowest BCUT2D eigenvalue weighted by Gasteiger charge is -1.94. The maximum absolute atomic E-state index is 5.65. The molecule has 0 bridgehead atoms. The Morgan fingerprint density at radius 2 is 2.18 bits per heavy atom. The van der Waals surface area contributed by atoms with Crippen molar-refractivity contribution in [1.82, 2.24) is 20.3 Å². The van der Waals surface area contributed by atoms with E-state index in [0.29, 0.717) is 28.6 Å². The van der Waals surface area contributed by atoms with Crippen LogP contribution in [0.3, 0.4) is 0 Å². The van der Waals surface area contributed by atoms with Crippen LogP contribution in [0.25, 0.3) is 11.5 Å². The molecule has 22 heavy (non-hydrogen) atoms. The normalized spacial score (nSPS) is 14.4. The van der Waals surface area contributed by atoms with E-state index in [0.717, 1.165) is 28.8 Å². The highest BCUT2D eigenvalue weighted by molar-refractivity contribution is 9.10. The Morgan fingerprint density at radius 3 is 3.00 bits per heavy atom. The molecule has 0 amide bonds. The van der Waals surface area contributed by atoms with E-state index in [2.05, 4.69) is 36.3 Å². The van der Waals surface area contributed by atoms with Crippen LogP contribution in [0.1, 0.15) is 30.5 Å². The first-order valence-corrected chi connectivity index (χ1v) is 8.60. The second-order valence-electron chi connectivity index (χ2n) is 5.00. The number of halogens is 1. The fraction of sp³-hybridized carbons (Fsp3) is 0.286. The summed E-state index contributed by atoms with van der Waals surface area (Å²) in [5.74, 6) is 2.93. The van der Waals surface area contributed by atoms with Gasteiger partial charge in [0.1, 0.15) is 0 Å². The van der Waals surface area contributed by atoms with E-state index in [1.807, 2.05) is 24.3 Å². The minimum atomic E-state index is 0.470. The zero-order valence-electron chi connectivity index (χ0n) is 11.4. The van der Waals surface area contributed by atoms with Crippen molar-refractivity contribution in [3.8, 4) is 11.5 Å². The zero-order chi connectivity index (χ0) is 14.9. The van der Waals surface area contributed by atoms with Crippen LogP contribution >= 0.6 is 27.7 Å². The van der Waals surface area contributed by atoms with Crippen LogP contribution in [0.2, 0.25) is 0 Å². The molecule has 112 valence electrons.